The van der Waals surface area contributed by atoms with Gasteiger partial charge >= 0.3 is 11.9 Å². The Balaban J connectivity index is 1.24. The van der Waals surface area contributed by atoms with E-state index in [1.165, 1.54) is 62.1 Å². The van der Waals surface area contributed by atoms with Crippen LogP contribution in [-0.2, 0) is 14.3 Å². The summed E-state index contributed by atoms with van der Waals surface area (Å²) in [6, 6.07) is 12.9. The van der Waals surface area contributed by atoms with Crippen molar-refractivity contribution in [1.82, 2.24) is 0 Å². The molecule has 0 aliphatic heterocycles. The number of carbonyl (C=O) groups excluding carboxylic acids is 2. The van der Waals surface area contributed by atoms with Crippen LogP contribution < -0.4 is 9.84 Å². The molecule has 0 saturated heterocycles. The zero-order chi connectivity index (χ0) is 27.0. The first-order chi connectivity index (χ1) is 18.1. The standard InChI is InChI=1S/C30H34F2O6/c1-17(2)28(37-25-16-20-15-24(25)23-10-6-9-22(20)23)36-21-13-11-19(12-14-21)27(33)38-26(30(31,32)29(34)35)18-7-4-3-5-8-18/h3-5,7-8,11-14,17,20,22-26,28H,6,9-10,15-16H2,1-2H3,(H,34,35)/p-1. The van der Waals surface area contributed by atoms with Crippen LogP contribution >= 0.6 is 0 Å². The first-order valence-corrected chi connectivity index (χ1v) is 13.4. The lowest BCUT2D eigenvalue weighted by Crippen LogP contribution is -2.47. The maximum Gasteiger partial charge on any atom is 0.338 e. The van der Waals surface area contributed by atoms with E-state index in [-0.39, 0.29) is 23.1 Å². The highest BCUT2D eigenvalue weighted by Gasteiger charge is 2.55. The van der Waals surface area contributed by atoms with Crippen molar-refractivity contribution >= 4 is 11.9 Å². The van der Waals surface area contributed by atoms with Crippen molar-refractivity contribution < 1.29 is 37.7 Å². The molecule has 0 amide bonds. The molecule has 2 aromatic carbocycles. The second-order valence-electron chi connectivity index (χ2n) is 11.2. The second-order valence-corrected chi connectivity index (χ2v) is 11.2. The molecule has 7 unspecified atom stereocenters. The fourth-order valence-corrected chi connectivity index (χ4v) is 6.72. The molecule has 204 valence electrons. The van der Waals surface area contributed by atoms with Crippen molar-refractivity contribution in [2.45, 2.75) is 70.4 Å². The molecule has 2 bridgehead atoms. The summed E-state index contributed by atoms with van der Waals surface area (Å²) in [5.41, 5.74) is -0.175. The number of carbonyl (C=O) groups is 2. The van der Waals surface area contributed by atoms with Gasteiger partial charge in [-0.3, -0.25) is 0 Å². The van der Waals surface area contributed by atoms with Gasteiger partial charge in [-0.1, -0.05) is 50.6 Å². The minimum absolute atomic E-state index is 0.0187. The van der Waals surface area contributed by atoms with E-state index in [2.05, 4.69) is 0 Å². The topological polar surface area (TPSA) is 84.9 Å². The van der Waals surface area contributed by atoms with E-state index < -0.39 is 30.3 Å². The van der Waals surface area contributed by atoms with E-state index in [1.54, 1.807) is 18.2 Å². The Morgan fingerprint density at radius 3 is 2.29 bits per heavy atom. The summed E-state index contributed by atoms with van der Waals surface area (Å²) in [4.78, 5) is 23.8. The molecule has 0 spiro atoms. The number of rotatable bonds is 10. The smallest absolute Gasteiger partial charge is 0.338 e. The highest BCUT2D eigenvalue weighted by molar-refractivity contribution is 5.90. The molecule has 3 aliphatic carbocycles. The lowest BCUT2D eigenvalue weighted by Gasteiger charge is -2.35. The number of carboxylic acids is 1. The SMILES string of the molecule is CC(C)C(Oc1ccc(C(=O)OC(c2ccccc2)C(F)(F)C(=O)[O-])cc1)OC1CC2CC1C1CCCC21. The molecule has 0 N–H and O–H groups in total. The lowest BCUT2D eigenvalue weighted by molar-refractivity contribution is -0.336. The van der Waals surface area contributed by atoms with Crippen molar-refractivity contribution in [3.8, 4) is 5.75 Å². The molecule has 3 aliphatic rings. The minimum Gasteiger partial charge on any atom is -0.544 e. The van der Waals surface area contributed by atoms with Crippen molar-refractivity contribution in [1.29, 1.82) is 0 Å². The molecule has 2 aromatic rings. The number of hydrogen-bond donors (Lipinski definition) is 0. The number of halogens is 2. The third-order valence-corrected chi connectivity index (χ3v) is 8.49. The molecule has 5 rings (SSSR count). The van der Waals surface area contributed by atoms with Crippen LogP contribution in [0.25, 0.3) is 0 Å². The van der Waals surface area contributed by atoms with Crippen LogP contribution in [0.1, 0.15) is 68.0 Å². The van der Waals surface area contributed by atoms with E-state index in [1.807, 2.05) is 13.8 Å². The minimum atomic E-state index is -4.42. The van der Waals surface area contributed by atoms with Crippen molar-refractivity contribution in [2.24, 2.45) is 29.6 Å². The summed E-state index contributed by atoms with van der Waals surface area (Å²) in [6.45, 7) is 4.06. The number of esters is 1. The summed E-state index contributed by atoms with van der Waals surface area (Å²) < 4.78 is 46.4. The number of hydrogen-bond acceptors (Lipinski definition) is 6. The van der Waals surface area contributed by atoms with Crippen LogP contribution in [-0.4, -0.2) is 30.3 Å². The molecule has 3 saturated carbocycles. The molecular formula is C30H33F2O6-. The van der Waals surface area contributed by atoms with E-state index in [0.717, 1.165) is 24.2 Å². The average molecular weight is 528 g/mol. The zero-order valence-corrected chi connectivity index (χ0v) is 21.6. The Kier molecular flexibility index (Phi) is 7.45. The van der Waals surface area contributed by atoms with Gasteiger partial charge in [0.1, 0.15) is 11.7 Å². The predicted octanol–water partition coefficient (Wildman–Crippen LogP) is 5.17. The summed E-state index contributed by atoms with van der Waals surface area (Å²) in [5, 5.41) is 11.1. The molecule has 3 fully saturated rings. The first kappa shape index (κ1) is 26.6. The number of benzene rings is 2. The van der Waals surface area contributed by atoms with E-state index in [9.17, 15) is 23.5 Å². The molecule has 0 heterocycles. The number of aliphatic carboxylic acids is 1. The van der Waals surface area contributed by atoms with Gasteiger partial charge in [0.15, 0.2) is 6.10 Å². The Morgan fingerprint density at radius 1 is 0.947 bits per heavy atom. The van der Waals surface area contributed by atoms with E-state index in [0.29, 0.717) is 11.7 Å². The quantitative estimate of drug-likeness (QED) is 0.313. The maximum atomic E-state index is 14.4. The summed E-state index contributed by atoms with van der Waals surface area (Å²) in [7, 11) is 0. The van der Waals surface area contributed by atoms with Gasteiger partial charge in [0.05, 0.1) is 11.7 Å². The van der Waals surface area contributed by atoms with Gasteiger partial charge in [0.25, 0.3) is 0 Å². The molecule has 6 nitrogen and oxygen atoms in total. The largest absolute Gasteiger partial charge is 0.544 e. The Hall–Kier alpha value is -3.00. The third kappa shape index (κ3) is 5.15. The fraction of sp³-hybridized carbons (Fsp3) is 0.533. The lowest BCUT2D eigenvalue weighted by atomic mass is 9.80. The number of ether oxygens (including phenoxy) is 3. The van der Waals surface area contributed by atoms with Gasteiger partial charge in [0, 0.05) is 5.92 Å². The molecule has 8 heteroatoms. The maximum absolute atomic E-state index is 14.4. The molecule has 7 atom stereocenters. The highest BCUT2D eigenvalue weighted by Crippen LogP contribution is 2.59. The Labute approximate surface area is 221 Å². The zero-order valence-electron chi connectivity index (χ0n) is 21.6. The Bertz CT molecular complexity index is 1140. The number of carboxylic acid groups (broad SMARTS) is 1. The van der Waals surface area contributed by atoms with Gasteiger partial charge in [-0.25, -0.2) is 4.79 Å². The van der Waals surface area contributed by atoms with Crippen LogP contribution in [0, 0.1) is 29.6 Å². The third-order valence-electron chi connectivity index (χ3n) is 8.49. The number of alkyl halides is 2. The van der Waals surface area contributed by atoms with Crippen LogP contribution in [0.2, 0.25) is 0 Å². The second kappa shape index (κ2) is 10.6. The van der Waals surface area contributed by atoms with E-state index >= 15 is 0 Å². The van der Waals surface area contributed by atoms with Crippen LogP contribution in [0.3, 0.4) is 0 Å². The average Bonchev–Trinajstić information content (AvgIpc) is 3.62. The highest BCUT2D eigenvalue weighted by atomic mass is 19.3. The summed E-state index contributed by atoms with van der Waals surface area (Å²) in [6.07, 6.45) is 3.72. The van der Waals surface area contributed by atoms with Gasteiger partial charge in [-0.15, -0.1) is 0 Å². The normalized spacial score (nSPS) is 27.7. The van der Waals surface area contributed by atoms with Gasteiger partial charge in [0.2, 0.25) is 6.29 Å². The molecular weight excluding hydrogens is 494 g/mol. The predicted molar refractivity (Wildman–Crippen MR) is 132 cm³/mol. The van der Waals surface area contributed by atoms with Gasteiger partial charge in [-0.2, -0.15) is 8.78 Å². The molecule has 38 heavy (non-hydrogen) atoms. The molecule has 0 aromatic heterocycles. The van der Waals surface area contributed by atoms with Crippen LogP contribution in [0.5, 0.6) is 5.75 Å². The summed E-state index contributed by atoms with van der Waals surface area (Å²) >= 11 is 0. The molecule has 0 radical (unpaired) electrons. The first-order valence-electron chi connectivity index (χ1n) is 13.4. The monoisotopic (exact) mass is 527 g/mol. The van der Waals surface area contributed by atoms with Crippen molar-refractivity contribution in [3.05, 3.63) is 65.7 Å². The number of fused-ring (bicyclic) bond motifs is 5. The van der Waals surface area contributed by atoms with Crippen molar-refractivity contribution in [2.75, 3.05) is 0 Å². The fourth-order valence-electron chi connectivity index (χ4n) is 6.72. The summed E-state index contributed by atoms with van der Waals surface area (Å²) in [5.74, 6) is -4.54. The van der Waals surface area contributed by atoms with Gasteiger partial charge < -0.3 is 24.1 Å². The van der Waals surface area contributed by atoms with Crippen molar-refractivity contribution in [3.63, 3.8) is 0 Å². The van der Waals surface area contributed by atoms with Gasteiger partial charge in [-0.05, 0) is 79.2 Å². The van der Waals surface area contributed by atoms with E-state index in [4.69, 9.17) is 14.2 Å². The van der Waals surface area contributed by atoms with Crippen LogP contribution in [0.4, 0.5) is 8.78 Å². The Morgan fingerprint density at radius 2 is 1.63 bits per heavy atom. The van der Waals surface area contributed by atoms with Crippen LogP contribution in [0.15, 0.2) is 54.6 Å².